The molecule has 0 aliphatic carbocycles. The minimum atomic E-state index is -0.865. The summed E-state index contributed by atoms with van der Waals surface area (Å²) in [6.45, 7) is -0.235. The topological polar surface area (TPSA) is 61.4 Å². The molecule has 0 atom stereocenters. The van der Waals surface area contributed by atoms with Crippen LogP contribution in [0, 0.1) is 11.6 Å². The van der Waals surface area contributed by atoms with Gasteiger partial charge in [-0.05, 0) is 18.2 Å². The van der Waals surface area contributed by atoms with Crippen molar-refractivity contribution in [2.75, 3.05) is 10.6 Å². The zero-order chi connectivity index (χ0) is 14.5. The number of rotatable bonds is 3. The van der Waals surface area contributed by atoms with Gasteiger partial charge in [-0.15, -0.1) is 0 Å². The number of aliphatic hydroxyl groups is 1. The molecule has 0 fully saturated rings. The molecule has 0 bridgehead atoms. The van der Waals surface area contributed by atoms with Gasteiger partial charge in [0.2, 0.25) is 0 Å². The van der Waals surface area contributed by atoms with Crippen molar-refractivity contribution in [3.8, 4) is 0 Å². The van der Waals surface area contributed by atoms with Crippen molar-refractivity contribution in [3.05, 3.63) is 59.7 Å². The van der Waals surface area contributed by atoms with Gasteiger partial charge in [-0.25, -0.2) is 13.6 Å². The van der Waals surface area contributed by atoms with E-state index in [2.05, 4.69) is 10.6 Å². The molecule has 104 valence electrons. The molecule has 2 aromatic rings. The minimum absolute atomic E-state index is 0.134. The lowest BCUT2D eigenvalue weighted by Gasteiger charge is -2.11. The van der Waals surface area contributed by atoms with E-state index in [1.54, 1.807) is 24.3 Å². The van der Waals surface area contributed by atoms with Gasteiger partial charge in [0.15, 0.2) is 0 Å². The van der Waals surface area contributed by atoms with Crippen LogP contribution in [-0.2, 0) is 6.61 Å². The summed E-state index contributed by atoms with van der Waals surface area (Å²) in [4.78, 5) is 11.7. The highest BCUT2D eigenvalue weighted by atomic mass is 19.1. The Hall–Kier alpha value is -2.47. The first-order valence-corrected chi connectivity index (χ1v) is 5.82. The van der Waals surface area contributed by atoms with E-state index in [1.165, 1.54) is 0 Å². The molecule has 3 N–H and O–H groups in total. The molecule has 2 amide bonds. The molecular formula is C14H12F2N2O2. The highest BCUT2D eigenvalue weighted by Crippen LogP contribution is 2.17. The van der Waals surface area contributed by atoms with Crippen molar-refractivity contribution < 1.29 is 18.7 Å². The van der Waals surface area contributed by atoms with Crippen molar-refractivity contribution in [2.24, 2.45) is 0 Å². The Bertz CT molecular complexity index is 632. The van der Waals surface area contributed by atoms with Crippen molar-refractivity contribution in [1.82, 2.24) is 0 Å². The minimum Gasteiger partial charge on any atom is -0.392 e. The second-order valence-electron chi connectivity index (χ2n) is 4.02. The molecule has 0 radical (unpaired) electrons. The quantitative estimate of drug-likeness (QED) is 0.808. The predicted molar refractivity (Wildman–Crippen MR) is 71.4 cm³/mol. The third-order valence-corrected chi connectivity index (χ3v) is 2.62. The molecular weight excluding hydrogens is 266 g/mol. The number of anilines is 2. The van der Waals surface area contributed by atoms with E-state index < -0.39 is 17.7 Å². The third-order valence-electron chi connectivity index (χ3n) is 2.62. The summed E-state index contributed by atoms with van der Waals surface area (Å²) in [5.74, 6) is -1.59. The normalized spacial score (nSPS) is 10.2. The Labute approximate surface area is 114 Å². The van der Waals surface area contributed by atoms with Gasteiger partial charge >= 0.3 is 6.03 Å². The highest BCUT2D eigenvalue weighted by Gasteiger charge is 2.09. The number of carbonyl (C=O) groups excluding carboxylic acids is 1. The number of hydrogen-bond donors (Lipinski definition) is 3. The van der Waals surface area contributed by atoms with Gasteiger partial charge in [-0.3, -0.25) is 0 Å². The number of hydrogen-bond acceptors (Lipinski definition) is 2. The molecule has 0 unspecified atom stereocenters. The van der Waals surface area contributed by atoms with Gasteiger partial charge in [-0.1, -0.05) is 18.2 Å². The summed E-state index contributed by atoms with van der Waals surface area (Å²) in [5.41, 5.74) is 0.808. The number of nitrogens with one attached hydrogen (secondary N) is 2. The van der Waals surface area contributed by atoms with Crippen molar-refractivity contribution in [1.29, 1.82) is 0 Å². The van der Waals surface area contributed by atoms with Crippen LogP contribution >= 0.6 is 0 Å². The summed E-state index contributed by atoms with van der Waals surface area (Å²) in [6.07, 6.45) is 0. The Morgan fingerprint density at radius 3 is 2.45 bits per heavy atom. The van der Waals surface area contributed by atoms with Gasteiger partial charge in [-0.2, -0.15) is 0 Å². The molecule has 4 nitrogen and oxygen atoms in total. The van der Waals surface area contributed by atoms with Gasteiger partial charge < -0.3 is 15.7 Å². The standard InChI is InChI=1S/C14H12F2N2O2/c15-10-5-6-13(11(16)7-10)18-14(20)17-12-4-2-1-3-9(12)8-19/h1-7,19H,8H2,(H2,17,18,20). The molecule has 0 saturated heterocycles. The van der Waals surface area contributed by atoms with Crippen LogP contribution in [-0.4, -0.2) is 11.1 Å². The first-order chi connectivity index (χ1) is 9.60. The number of amides is 2. The maximum Gasteiger partial charge on any atom is 0.323 e. The molecule has 2 aromatic carbocycles. The maximum absolute atomic E-state index is 13.4. The Morgan fingerprint density at radius 1 is 1.05 bits per heavy atom. The average molecular weight is 278 g/mol. The van der Waals surface area contributed by atoms with E-state index in [0.717, 1.165) is 12.1 Å². The van der Waals surface area contributed by atoms with E-state index in [-0.39, 0.29) is 12.3 Å². The molecule has 0 saturated carbocycles. The lowest BCUT2D eigenvalue weighted by molar-refractivity contribution is 0.261. The smallest absolute Gasteiger partial charge is 0.323 e. The van der Waals surface area contributed by atoms with E-state index in [1.807, 2.05) is 0 Å². The van der Waals surface area contributed by atoms with E-state index in [9.17, 15) is 13.6 Å². The van der Waals surface area contributed by atoms with E-state index in [0.29, 0.717) is 17.3 Å². The fraction of sp³-hybridized carbons (Fsp3) is 0.0714. The number of halogens is 2. The van der Waals surface area contributed by atoms with Gasteiger partial charge in [0.25, 0.3) is 0 Å². The van der Waals surface area contributed by atoms with Crippen LogP contribution in [0.1, 0.15) is 5.56 Å². The average Bonchev–Trinajstić information content (AvgIpc) is 2.42. The van der Waals surface area contributed by atoms with Gasteiger partial charge in [0, 0.05) is 17.3 Å². The van der Waals surface area contributed by atoms with Crippen molar-refractivity contribution >= 4 is 17.4 Å². The summed E-state index contributed by atoms with van der Waals surface area (Å²) >= 11 is 0. The van der Waals surface area contributed by atoms with Crippen LogP contribution in [0.4, 0.5) is 25.0 Å². The van der Waals surface area contributed by atoms with Crippen molar-refractivity contribution in [2.45, 2.75) is 6.61 Å². The molecule has 0 spiro atoms. The number of benzene rings is 2. The zero-order valence-corrected chi connectivity index (χ0v) is 10.4. The van der Waals surface area contributed by atoms with E-state index >= 15 is 0 Å². The van der Waals surface area contributed by atoms with Crippen LogP contribution < -0.4 is 10.6 Å². The maximum atomic E-state index is 13.4. The summed E-state index contributed by atoms with van der Waals surface area (Å²) in [6, 6.07) is 8.82. The summed E-state index contributed by atoms with van der Waals surface area (Å²) in [7, 11) is 0. The second kappa shape index (κ2) is 6.12. The largest absolute Gasteiger partial charge is 0.392 e. The Balaban J connectivity index is 2.09. The fourth-order valence-corrected chi connectivity index (χ4v) is 1.65. The third kappa shape index (κ3) is 3.30. The van der Waals surface area contributed by atoms with Crippen LogP contribution in [0.2, 0.25) is 0 Å². The van der Waals surface area contributed by atoms with Crippen LogP contribution in [0.15, 0.2) is 42.5 Å². The first kappa shape index (κ1) is 14.0. The Morgan fingerprint density at radius 2 is 1.75 bits per heavy atom. The molecule has 0 aliphatic heterocycles. The number of aliphatic hydroxyl groups excluding tert-OH is 1. The molecule has 6 heteroatoms. The number of para-hydroxylation sites is 1. The monoisotopic (exact) mass is 278 g/mol. The van der Waals surface area contributed by atoms with Gasteiger partial charge in [0.1, 0.15) is 11.6 Å². The second-order valence-corrected chi connectivity index (χ2v) is 4.02. The predicted octanol–water partition coefficient (Wildman–Crippen LogP) is 3.10. The summed E-state index contributed by atoms with van der Waals surface area (Å²) < 4.78 is 26.1. The SMILES string of the molecule is O=C(Nc1ccc(F)cc1F)Nc1ccccc1CO. The number of urea groups is 1. The molecule has 2 rings (SSSR count). The van der Waals surface area contributed by atoms with Crippen molar-refractivity contribution in [3.63, 3.8) is 0 Å². The van der Waals surface area contributed by atoms with Crippen LogP contribution in [0.3, 0.4) is 0 Å². The zero-order valence-electron chi connectivity index (χ0n) is 10.4. The summed E-state index contributed by atoms with van der Waals surface area (Å²) in [5, 5.41) is 13.9. The molecule has 0 aromatic heterocycles. The lowest BCUT2D eigenvalue weighted by Crippen LogP contribution is -2.21. The van der Waals surface area contributed by atoms with Crippen LogP contribution in [0.25, 0.3) is 0 Å². The van der Waals surface area contributed by atoms with Gasteiger partial charge in [0.05, 0.1) is 12.3 Å². The fourth-order valence-electron chi connectivity index (χ4n) is 1.65. The Kier molecular flexibility index (Phi) is 4.27. The molecule has 20 heavy (non-hydrogen) atoms. The molecule has 0 aliphatic rings. The number of carbonyl (C=O) groups is 1. The highest BCUT2D eigenvalue weighted by molar-refractivity contribution is 6.00. The van der Waals surface area contributed by atoms with E-state index in [4.69, 9.17) is 5.11 Å². The molecule has 0 heterocycles. The van der Waals surface area contributed by atoms with Crippen LogP contribution in [0.5, 0.6) is 0 Å². The first-order valence-electron chi connectivity index (χ1n) is 5.82. The lowest BCUT2D eigenvalue weighted by atomic mass is 10.2.